The van der Waals surface area contributed by atoms with Crippen molar-refractivity contribution in [1.29, 1.82) is 0 Å². The van der Waals surface area contributed by atoms with Crippen LogP contribution in [0.15, 0.2) is 41.0 Å². The maximum absolute atomic E-state index is 5.66. The van der Waals surface area contributed by atoms with Crippen molar-refractivity contribution in [2.75, 3.05) is 7.05 Å². The second-order valence-electron chi connectivity index (χ2n) is 5.34. The third-order valence-corrected chi connectivity index (χ3v) is 4.04. The lowest BCUT2D eigenvalue weighted by atomic mass is 10.0. The molecular formula is C17H21N3O. The van der Waals surface area contributed by atoms with Gasteiger partial charge in [-0.3, -0.25) is 4.68 Å². The van der Waals surface area contributed by atoms with Gasteiger partial charge >= 0.3 is 0 Å². The lowest BCUT2D eigenvalue weighted by Crippen LogP contribution is -2.19. The zero-order chi connectivity index (χ0) is 14.8. The van der Waals surface area contributed by atoms with Gasteiger partial charge in [0.2, 0.25) is 0 Å². The molecule has 0 radical (unpaired) electrons. The largest absolute Gasteiger partial charge is 0.464 e. The van der Waals surface area contributed by atoms with Gasteiger partial charge in [-0.05, 0) is 25.6 Å². The Morgan fingerprint density at radius 1 is 1.33 bits per heavy atom. The van der Waals surface area contributed by atoms with E-state index in [1.807, 2.05) is 43.2 Å². The number of hydrogen-bond acceptors (Lipinski definition) is 3. The predicted octanol–water partition coefficient (Wildman–Crippen LogP) is 3.23. The maximum atomic E-state index is 5.66. The number of rotatable bonds is 5. The van der Waals surface area contributed by atoms with Gasteiger partial charge in [0.05, 0.1) is 12.0 Å². The molecule has 3 aromatic rings. The number of hydrogen-bond donors (Lipinski definition) is 1. The van der Waals surface area contributed by atoms with Crippen LogP contribution in [0.4, 0.5) is 0 Å². The number of likely N-dealkylation sites (N-methyl/N-ethyl adjacent to an activating group) is 1. The van der Waals surface area contributed by atoms with Gasteiger partial charge in [0.15, 0.2) is 0 Å². The molecule has 1 atom stereocenters. The van der Waals surface area contributed by atoms with Crippen LogP contribution < -0.4 is 5.32 Å². The zero-order valence-corrected chi connectivity index (χ0v) is 12.8. The second kappa shape index (κ2) is 5.74. The van der Waals surface area contributed by atoms with Crippen LogP contribution in [0.5, 0.6) is 0 Å². The van der Waals surface area contributed by atoms with Crippen molar-refractivity contribution < 1.29 is 4.42 Å². The van der Waals surface area contributed by atoms with Crippen molar-refractivity contribution in [3.8, 4) is 0 Å². The van der Waals surface area contributed by atoms with Crippen LogP contribution in [-0.2, 0) is 19.9 Å². The van der Waals surface area contributed by atoms with Crippen LogP contribution in [0.2, 0.25) is 0 Å². The lowest BCUT2D eigenvalue weighted by molar-refractivity contribution is 0.545. The molecule has 0 bridgehead atoms. The van der Waals surface area contributed by atoms with E-state index in [9.17, 15) is 0 Å². The van der Waals surface area contributed by atoms with Gasteiger partial charge < -0.3 is 9.73 Å². The van der Waals surface area contributed by atoms with Crippen molar-refractivity contribution in [3.05, 3.63) is 53.5 Å². The molecular weight excluding hydrogens is 262 g/mol. The first kappa shape index (κ1) is 13.9. The summed E-state index contributed by atoms with van der Waals surface area (Å²) >= 11 is 0. The molecule has 1 unspecified atom stereocenters. The Kier molecular flexibility index (Phi) is 3.80. The van der Waals surface area contributed by atoms with E-state index in [2.05, 4.69) is 29.5 Å². The Morgan fingerprint density at radius 2 is 2.14 bits per heavy atom. The molecule has 0 aliphatic rings. The molecule has 2 heterocycles. The third-order valence-electron chi connectivity index (χ3n) is 4.04. The molecule has 1 N–H and O–H groups in total. The van der Waals surface area contributed by atoms with E-state index in [1.54, 1.807) is 0 Å². The molecule has 110 valence electrons. The van der Waals surface area contributed by atoms with Crippen LogP contribution in [0.1, 0.15) is 29.9 Å². The Balaban J connectivity index is 1.93. The Bertz CT molecular complexity index is 741. The molecule has 0 amide bonds. The number of aryl methyl sites for hydroxylation is 2. The Hall–Kier alpha value is -2.07. The molecule has 1 aromatic carbocycles. The standard InChI is InChI=1S/C17H21N3O/c1-4-12-9-13(20(3)19-12)10-16(18-2)15-11-21-17-8-6-5-7-14(15)17/h5-9,11,16,18H,4,10H2,1-3H3. The quantitative estimate of drug-likeness (QED) is 0.781. The molecule has 4 heteroatoms. The average molecular weight is 283 g/mol. The van der Waals surface area contributed by atoms with Gasteiger partial charge in [0.25, 0.3) is 0 Å². The molecule has 3 rings (SSSR count). The van der Waals surface area contributed by atoms with Crippen molar-refractivity contribution in [1.82, 2.24) is 15.1 Å². The van der Waals surface area contributed by atoms with E-state index < -0.39 is 0 Å². The fourth-order valence-corrected chi connectivity index (χ4v) is 2.78. The van der Waals surface area contributed by atoms with Gasteiger partial charge in [-0.1, -0.05) is 25.1 Å². The highest BCUT2D eigenvalue weighted by Crippen LogP contribution is 2.28. The highest BCUT2D eigenvalue weighted by molar-refractivity contribution is 5.81. The van der Waals surface area contributed by atoms with Crippen molar-refractivity contribution in [3.63, 3.8) is 0 Å². The topological polar surface area (TPSA) is 43.0 Å². The molecule has 0 aliphatic carbocycles. The van der Waals surface area contributed by atoms with Gasteiger partial charge in [-0.15, -0.1) is 0 Å². The van der Waals surface area contributed by atoms with E-state index in [0.717, 1.165) is 24.1 Å². The summed E-state index contributed by atoms with van der Waals surface area (Å²) in [5, 5.41) is 9.10. The van der Waals surface area contributed by atoms with Crippen LogP contribution in [-0.4, -0.2) is 16.8 Å². The lowest BCUT2D eigenvalue weighted by Gasteiger charge is -2.15. The summed E-state index contributed by atoms with van der Waals surface area (Å²) in [6, 6.07) is 10.6. The number of furan rings is 1. The average Bonchev–Trinajstić information content (AvgIpc) is 3.08. The van der Waals surface area contributed by atoms with Gasteiger partial charge in [-0.25, -0.2) is 0 Å². The Morgan fingerprint density at radius 3 is 2.86 bits per heavy atom. The number of nitrogens with zero attached hydrogens (tertiary/aromatic N) is 2. The number of nitrogens with one attached hydrogen (secondary N) is 1. The van der Waals surface area contributed by atoms with E-state index in [4.69, 9.17) is 4.42 Å². The minimum Gasteiger partial charge on any atom is -0.464 e. The summed E-state index contributed by atoms with van der Waals surface area (Å²) in [6.07, 6.45) is 3.72. The second-order valence-corrected chi connectivity index (χ2v) is 5.34. The molecule has 0 spiro atoms. The summed E-state index contributed by atoms with van der Waals surface area (Å²) in [5.41, 5.74) is 4.51. The summed E-state index contributed by atoms with van der Waals surface area (Å²) < 4.78 is 7.64. The van der Waals surface area contributed by atoms with Gasteiger partial charge in [0, 0.05) is 36.2 Å². The summed E-state index contributed by atoms with van der Waals surface area (Å²) in [5.74, 6) is 0. The van der Waals surface area contributed by atoms with Gasteiger partial charge in [-0.2, -0.15) is 5.10 Å². The van der Waals surface area contributed by atoms with Crippen molar-refractivity contribution in [2.24, 2.45) is 7.05 Å². The minimum atomic E-state index is 0.216. The SMILES string of the molecule is CCc1cc(CC(NC)c2coc3ccccc23)n(C)n1. The first-order chi connectivity index (χ1) is 10.2. The monoisotopic (exact) mass is 283 g/mol. The van der Waals surface area contributed by atoms with Crippen LogP contribution in [0, 0.1) is 0 Å². The fourth-order valence-electron chi connectivity index (χ4n) is 2.78. The smallest absolute Gasteiger partial charge is 0.134 e. The molecule has 0 aliphatic heterocycles. The molecule has 21 heavy (non-hydrogen) atoms. The number of aromatic nitrogens is 2. The third kappa shape index (κ3) is 2.59. The van der Waals surface area contributed by atoms with Crippen LogP contribution >= 0.6 is 0 Å². The van der Waals surface area contributed by atoms with E-state index in [-0.39, 0.29) is 6.04 Å². The predicted molar refractivity (Wildman–Crippen MR) is 84.3 cm³/mol. The van der Waals surface area contributed by atoms with Crippen molar-refractivity contribution in [2.45, 2.75) is 25.8 Å². The molecule has 2 aromatic heterocycles. The van der Waals surface area contributed by atoms with Crippen molar-refractivity contribution >= 4 is 11.0 Å². The highest BCUT2D eigenvalue weighted by atomic mass is 16.3. The number of fused-ring (bicyclic) bond motifs is 1. The van der Waals surface area contributed by atoms with E-state index >= 15 is 0 Å². The fraction of sp³-hybridized carbons (Fsp3) is 0.353. The van der Waals surface area contributed by atoms with E-state index in [0.29, 0.717) is 0 Å². The first-order valence-corrected chi connectivity index (χ1v) is 7.38. The van der Waals surface area contributed by atoms with Crippen LogP contribution in [0.3, 0.4) is 0 Å². The van der Waals surface area contributed by atoms with Crippen LogP contribution in [0.25, 0.3) is 11.0 Å². The zero-order valence-electron chi connectivity index (χ0n) is 12.8. The highest BCUT2D eigenvalue weighted by Gasteiger charge is 2.18. The molecule has 0 fully saturated rings. The molecule has 4 nitrogen and oxygen atoms in total. The first-order valence-electron chi connectivity index (χ1n) is 7.38. The number of benzene rings is 1. The summed E-state index contributed by atoms with van der Waals surface area (Å²) in [4.78, 5) is 0. The molecule has 0 saturated heterocycles. The van der Waals surface area contributed by atoms with Gasteiger partial charge in [0.1, 0.15) is 5.58 Å². The minimum absolute atomic E-state index is 0.216. The number of para-hydroxylation sites is 1. The maximum Gasteiger partial charge on any atom is 0.134 e. The van der Waals surface area contributed by atoms with E-state index in [1.165, 1.54) is 16.6 Å². The summed E-state index contributed by atoms with van der Waals surface area (Å²) in [7, 11) is 4.00. The molecule has 0 saturated carbocycles. The Labute approximate surface area is 124 Å². The summed E-state index contributed by atoms with van der Waals surface area (Å²) in [6.45, 7) is 2.13. The normalized spacial score (nSPS) is 12.9.